The number of aromatic nitrogens is 4. The number of halogens is 1. The summed E-state index contributed by atoms with van der Waals surface area (Å²) in [7, 11) is -3.69. The van der Waals surface area contributed by atoms with Gasteiger partial charge in [-0.25, -0.2) is 22.9 Å². The Morgan fingerprint density at radius 2 is 1.97 bits per heavy atom. The average Bonchev–Trinajstić information content (AvgIpc) is 3.29. The van der Waals surface area contributed by atoms with Crippen LogP contribution in [0.15, 0.2) is 53.7 Å². The number of sulfone groups is 1. The summed E-state index contributed by atoms with van der Waals surface area (Å²) >= 11 is 6.25. The lowest BCUT2D eigenvalue weighted by molar-refractivity contribution is 0.0697. The molecule has 0 fully saturated rings. The van der Waals surface area contributed by atoms with Crippen molar-refractivity contribution >= 4 is 38.4 Å². The maximum absolute atomic E-state index is 12.9. The third-order valence-electron chi connectivity index (χ3n) is 4.38. The third-order valence-corrected chi connectivity index (χ3v) is 6.53. The van der Waals surface area contributed by atoms with Gasteiger partial charge in [-0.1, -0.05) is 41.4 Å². The van der Waals surface area contributed by atoms with Crippen molar-refractivity contribution in [3.8, 4) is 5.95 Å². The minimum absolute atomic E-state index is 0.00449. The summed E-state index contributed by atoms with van der Waals surface area (Å²) in [5.74, 6) is -1.04. The maximum atomic E-state index is 12.9. The molecule has 2 N–H and O–H groups in total. The van der Waals surface area contributed by atoms with Crippen molar-refractivity contribution in [1.29, 1.82) is 0 Å². The molecule has 10 heteroatoms. The number of nitrogens with one attached hydrogen (secondary N) is 1. The van der Waals surface area contributed by atoms with Gasteiger partial charge in [0.2, 0.25) is 5.95 Å². The third kappa shape index (κ3) is 3.74. The molecule has 29 heavy (non-hydrogen) atoms. The molecule has 0 aliphatic carbocycles. The molecule has 2 aromatic carbocycles. The molecule has 0 unspecified atom stereocenters. The summed E-state index contributed by atoms with van der Waals surface area (Å²) in [5.41, 5.74) is 2.59. The van der Waals surface area contributed by atoms with Crippen LogP contribution in [0.2, 0.25) is 5.02 Å². The van der Waals surface area contributed by atoms with Crippen molar-refractivity contribution in [3.63, 3.8) is 0 Å². The average molecular weight is 431 g/mol. The van der Waals surface area contributed by atoms with Gasteiger partial charge in [0.25, 0.3) is 0 Å². The van der Waals surface area contributed by atoms with Gasteiger partial charge in [0, 0.05) is 6.20 Å². The molecule has 0 saturated carbocycles. The number of imidazole rings is 1. The van der Waals surface area contributed by atoms with Gasteiger partial charge in [0.05, 0.1) is 38.5 Å². The summed E-state index contributed by atoms with van der Waals surface area (Å²) in [6.07, 6.45) is 2.50. The normalized spacial score (nSPS) is 11.8. The van der Waals surface area contributed by atoms with Gasteiger partial charge < -0.3 is 10.1 Å². The number of aromatic amines is 1. The number of aryl methyl sites for hydroxylation is 1. The van der Waals surface area contributed by atoms with Crippen LogP contribution in [0.5, 0.6) is 0 Å². The number of carboxylic acids is 1. The Labute approximate surface area is 170 Å². The Hall–Kier alpha value is -3.17. The predicted octanol–water partition coefficient (Wildman–Crippen LogP) is 3.38. The molecule has 4 rings (SSSR count). The highest BCUT2D eigenvalue weighted by atomic mass is 35.5. The number of carbonyl (C=O) groups is 1. The zero-order valence-corrected chi connectivity index (χ0v) is 16.7. The molecule has 4 aromatic rings. The molecule has 0 spiro atoms. The van der Waals surface area contributed by atoms with Gasteiger partial charge >= 0.3 is 5.97 Å². The van der Waals surface area contributed by atoms with Crippen LogP contribution in [0.4, 0.5) is 0 Å². The van der Waals surface area contributed by atoms with Crippen LogP contribution in [-0.4, -0.2) is 39.2 Å². The molecule has 0 aliphatic heterocycles. The SMILES string of the molecule is Cc1ccc(CS(=O)(=O)c2cc3[nH]c(-n4cc(C(=O)O)cn4)nc3cc2Cl)cc1. The fraction of sp³-hybridized carbons (Fsp3) is 0.105. The summed E-state index contributed by atoms with van der Waals surface area (Å²) in [6.45, 7) is 1.93. The molecule has 2 heterocycles. The first-order valence-corrected chi connectivity index (χ1v) is 10.5. The first kappa shape index (κ1) is 19.2. The van der Waals surface area contributed by atoms with Crippen molar-refractivity contribution < 1.29 is 18.3 Å². The van der Waals surface area contributed by atoms with E-state index in [1.807, 2.05) is 19.1 Å². The lowest BCUT2D eigenvalue weighted by atomic mass is 10.2. The Morgan fingerprint density at radius 1 is 1.24 bits per heavy atom. The second kappa shape index (κ2) is 7.02. The molecule has 0 bridgehead atoms. The minimum Gasteiger partial charge on any atom is -0.478 e. The molecule has 8 nitrogen and oxygen atoms in total. The molecular weight excluding hydrogens is 416 g/mol. The minimum atomic E-state index is -3.69. The number of carboxylic acid groups (broad SMARTS) is 1. The molecule has 2 aromatic heterocycles. The van der Waals surface area contributed by atoms with Crippen molar-refractivity contribution in [2.45, 2.75) is 17.6 Å². The van der Waals surface area contributed by atoms with Crippen molar-refractivity contribution in [2.24, 2.45) is 0 Å². The van der Waals surface area contributed by atoms with Crippen molar-refractivity contribution in [2.75, 3.05) is 0 Å². The van der Waals surface area contributed by atoms with Crippen LogP contribution in [-0.2, 0) is 15.6 Å². The Morgan fingerprint density at radius 3 is 2.62 bits per heavy atom. The standard InChI is InChI=1S/C19H15ClN4O4S/c1-11-2-4-12(5-3-11)10-29(27,28)17-7-16-15(6-14(17)20)22-19(23-16)24-9-13(8-21-24)18(25)26/h2-9H,10H2,1H3,(H,22,23)(H,25,26). The van der Waals surface area contributed by atoms with Gasteiger partial charge in [-0.15, -0.1) is 0 Å². The van der Waals surface area contributed by atoms with Gasteiger partial charge in [-0.3, -0.25) is 0 Å². The van der Waals surface area contributed by atoms with Gasteiger partial charge in [-0.2, -0.15) is 5.10 Å². The molecule has 0 amide bonds. The number of aromatic carboxylic acids is 1. The first-order valence-electron chi connectivity index (χ1n) is 8.49. The summed E-state index contributed by atoms with van der Waals surface area (Å²) in [5, 5.41) is 13.0. The van der Waals surface area contributed by atoms with Crippen molar-refractivity contribution in [3.05, 3.63) is 70.5 Å². The van der Waals surface area contributed by atoms with E-state index in [2.05, 4.69) is 15.1 Å². The predicted molar refractivity (Wildman–Crippen MR) is 107 cm³/mol. The van der Waals surface area contributed by atoms with Gasteiger partial charge in [0.15, 0.2) is 9.84 Å². The zero-order valence-electron chi connectivity index (χ0n) is 15.1. The highest BCUT2D eigenvalue weighted by Crippen LogP contribution is 2.29. The lowest BCUT2D eigenvalue weighted by Crippen LogP contribution is -2.06. The Balaban J connectivity index is 1.72. The fourth-order valence-corrected chi connectivity index (χ4v) is 4.83. The number of benzene rings is 2. The quantitative estimate of drug-likeness (QED) is 0.501. The van der Waals surface area contributed by atoms with E-state index in [1.54, 1.807) is 12.1 Å². The summed E-state index contributed by atoms with van der Waals surface area (Å²) in [6, 6.07) is 10.1. The summed E-state index contributed by atoms with van der Waals surface area (Å²) < 4.78 is 27.1. The van der Waals surface area contributed by atoms with Crippen molar-refractivity contribution in [1.82, 2.24) is 19.7 Å². The number of nitrogens with zero attached hydrogens (tertiary/aromatic N) is 3. The smallest absolute Gasteiger partial charge is 0.338 e. The lowest BCUT2D eigenvalue weighted by Gasteiger charge is -2.07. The maximum Gasteiger partial charge on any atom is 0.338 e. The number of fused-ring (bicyclic) bond motifs is 1. The number of rotatable bonds is 5. The van der Waals surface area contributed by atoms with Crippen LogP contribution in [0, 0.1) is 6.92 Å². The molecule has 0 radical (unpaired) electrons. The number of H-pyrrole nitrogens is 1. The number of hydrogen-bond acceptors (Lipinski definition) is 5. The zero-order chi connectivity index (χ0) is 20.8. The van der Waals surface area contributed by atoms with E-state index in [0.29, 0.717) is 16.6 Å². The van der Waals surface area contributed by atoms with Gasteiger partial charge in [0.1, 0.15) is 0 Å². The molecule has 148 valence electrons. The molecule has 0 aliphatic rings. The van der Waals surface area contributed by atoms with E-state index in [0.717, 1.165) is 5.56 Å². The highest BCUT2D eigenvalue weighted by Gasteiger charge is 2.21. The van der Waals surface area contributed by atoms with Crippen LogP contribution in [0.1, 0.15) is 21.5 Å². The molecular formula is C19H15ClN4O4S. The summed E-state index contributed by atoms with van der Waals surface area (Å²) in [4.78, 5) is 18.3. The molecule has 0 atom stereocenters. The van der Waals surface area contributed by atoms with Gasteiger partial charge in [-0.05, 0) is 24.6 Å². The van der Waals surface area contributed by atoms with E-state index in [-0.39, 0.29) is 27.2 Å². The monoisotopic (exact) mass is 430 g/mol. The Bertz CT molecular complexity index is 1340. The van der Waals surface area contributed by atoms with E-state index in [4.69, 9.17) is 16.7 Å². The topological polar surface area (TPSA) is 118 Å². The highest BCUT2D eigenvalue weighted by molar-refractivity contribution is 7.90. The van der Waals surface area contributed by atoms with E-state index in [1.165, 1.54) is 29.2 Å². The van der Waals surface area contributed by atoms with Crippen LogP contribution in [0.3, 0.4) is 0 Å². The van der Waals surface area contributed by atoms with E-state index >= 15 is 0 Å². The van der Waals surface area contributed by atoms with Crippen LogP contribution >= 0.6 is 11.6 Å². The second-order valence-electron chi connectivity index (χ2n) is 6.58. The van der Waals surface area contributed by atoms with E-state index in [9.17, 15) is 13.2 Å². The second-order valence-corrected chi connectivity index (χ2v) is 8.95. The van der Waals surface area contributed by atoms with Crippen LogP contribution < -0.4 is 0 Å². The Kier molecular flexibility index (Phi) is 4.64. The fourth-order valence-electron chi connectivity index (χ4n) is 2.88. The molecule has 0 saturated heterocycles. The first-order chi connectivity index (χ1) is 13.7. The number of hydrogen-bond donors (Lipinski definition) is 2. The van der Waals surface area contributed by atoms with E-state index < -0.39 is 15.8 Å². The van der Waals surface area contributed by atoms with Crippen LogP contribution in [0.25, 0.3) is 17.0 Å². The largest absolute Gasteiger partial charge is 0.478 e.